The summed E-state index contributed by atoms with van der Waals surface area (Å²) in [5.41, 5.74) is 1.14. The van der Waals surface area contributed by atoms with E-state index >= 15 is 0 Å². The summed E-state index contributed by atoms with van der Waals surface area (Å²) >= 11 is 10.3. The Morgan fingerprint density at radius 3 is 1.50 bits per heavy atom. The topological polar surface area (TPSA) is 83.1 Å². The van der Waals surface area contributed by atoms with Crippen LogP contribution in [0.25, 0.3) is 0 Å². The lowest BCUT2D eigenvalue weighted by molar-refractivity contribution is 0.151. The standard InChI is InChI=1S/C14H18N4O4S2/c1-17(13(19)21-3)11(23)15-9-7-5-6-8-10(9)16-12(24)18(2)14(20)22-4/h5-8H,1-4H3,(H,15,23)(H,16,24). The van der Waals surface area contributed by atoms with E-state index in [-0.39, 0.29) is 10.2 Å². The average Bonchev–Trinajstić information content (AvgIpc) is 2.60. The van der Waals surface area contributed by atoms with Crippen LogP contribution in [0.1, 0.15) is 0 Å². The minimum Gasteiger partial charge on any atom is -0.452 e. The maximum atomic E-state index is 11.5. The van der Waals surface area contributed by atoms with Crippen molar-refractivity contribution in [2.24, 2.45) is 0 Å². The summed E-state index contributed by atoms with van der Waals surface area (Å²) in [4.78, 5) is 25.3. The number of para-hydroxylation sites is 2. The number of methoxy groups -OCH3 is 2. The molecule has 0 unspecified atom stereocenters. The zero-order chi connectivity index (χ0) is 18.3. The fourth-order valence-electron chi connectivity index (χ4n) is 1.54. The van der Waals surface area contributed by atoms with Crippen LogP contribution in [0.4, 0.5) is 21.0 Å². The number of hydrogen-bond donors (Lipinski definition) is 2. The predicted molar refractivity (Wildman–Crippen MR) is 99.2 cm³/mol. The number of amides is 2. The molecule has 0 radical (unpaired) electrons. The first-order valence-corrected chi connectivity index (χ1v) is 7.47. The molecule has 1 rings (SSSR count). The van der Waals surface area contributed by atoms with Gasteiger partial charge < -0.3 is 20.1 Å². The van der Waals surface area contributed by atoms with Crippen LogP contribution in [-0.4, -0.2) is 60.5 Å². The summed E-state index contributed by atoms with van der Waals surface area (Å²) in [6.45, 7) is 0. The van der Waals surface area contributed by atoms with Crippen LogP contribution in [0.3, 0.4) is 0 Å². The second kappa shape index (κ2) is 8.99. The molecule has 0 aliphatic heterocycles. The number of thiocarbonyl (C=S) groups is 2. The van der Waals surface area contributed by atoms with Crippen LogP contribution in [0.2, 0.25) is 0 Å². The Morgan fingerprint density at radius 1 is 0.875 bits per heavy atom. The number of carbonyl (C=O) groups is 2. The number of hydrogen-bond acceptors (Lipinski definition) is 6. The molecule has 0 aromatic heterocycles. The Morgan fingerprint density at radius 2 is 1.21 bits per heavy atom. The molecule has 2 N–H and O–H groups in total. The summed E-state index contributed by atoms with van der Waals surface area (Å²) in [5, 5.41) is 6.11. The van der Waals surface area contributed by atoms with Gasteiger partial charge >= 0.3 is 12.2 Å². The van der Waals surface area contributed by atoms with Gasteiger partial charge in [-0.15, -0.1) is 0 Å². The molecular weight excluding hydrogens is 352 g/mol. The van der Waals surface area contributed by atoms with Crippen LogP contribution >= 0.6 is 24.4 Å². The first-order valence-electron chi connectivity index (χ1n) is 6.66. The highest BCUT2D eigenvalue weighted by molar-refractivity contribution is 7.80. The van der Waals surface area contributed by atoms with Gasteiger partial charge in [0, 0.05) is 14.1 Å². The second-order valence-electron chi connectivity index (χ2n) is 4.46. The van der Waals surface area contributed by atoms with Gasteiger partial charge in [0.05, 0.1) is 25.6 Å². The maximum Gasteiger partial charge on any atom is 0.415 e. The minimum absolute atomic E-state index is 0.142. The lowest BCUT2D eigenvalue weighted by Gasteiger charge is -2.21. The van der Waals surface area contributed by atoms with E-state index < -0.39 is 12.2 Å². The van der Waals surface area contributed by atoms with E-state index in [2.05, 4.69) is 20.1 Å². The Balaban J connectivity index is 2.89. The zero-order valence-corrected chi connectivity index (χ0v) is 15.3. The third-order valence-electron chi connectivity index (χ3n) is 2.92. The van der Waals surface area contributed by atoms with Gasteiger partial charge in [0.1, 0.15) is 0 Å². The third-order valence-corrected chi connectivity index (χ3v) is 3.67. The first kappa shape index (κ1) is 19.6. The van der Waals surface area contributed by atoms with E-state index in [1.807, 2.05) is 0 Å². The fraction of sp³-hybridized carbons (Fsp3) is 0.286. The molecule has 0 aliphatic rings. The van der Waals surface area contributed by atoms with Crippen molar-refractivity contribution in [2.45, 2.75) is 0 Å². The second-order valence-corrected chi connectivity index (χ2v) is 5.24. The molecule has 0 spiro atoms. The van der Waals surface area contributed by atoms with Crippen LogP contribution in [0.15, 0.2) is 24.3 Å². The number of nitrogens with zero attached hydrogens (tertiary/aromatic N) is 2. The number of nitrogens with one attached hydrogen (secondary N) is 2. The molecule has 0 bridgehead atoms. The molecule has 0 aliphatic carbocycles. The van der Waals surface area contributed by atoms with Crippen LogP contribution < -0.4 is 10.6 Å². The van der Waals surface area contributed by atoms with Gasteiger partial charge in [-0.3, -0.25) is 9.80 Å². The van der Waals surface area contributed by atoms with Gasteiger partial charge in [0.2, 0.25) is 0 Å². The smallest absolute Gasteiger partial charge is 0.415 e. The number of benzene rings is 1. The predicted octanol–water partition coefficient (Wildman–Crippen LogP) is 2.48. The van der Waals surface area contributed by atoms with E-state index in [0.717, 1.165) is 9.80 Å². The molecule has 0 fully saturated rings. The van der Waals surface area contributed by atoms with Gasteiger partial charge in [-0.2, -0.15) is 0 Å². The summed E-state index contributed by atoms with van der Waals surface area (Å²) in [6.07, 6.45) is -1.20. The lowest BCUT2D eigenvalue weighted by Crippen LogP contribution is -2.37. The highest BCUT2D eigenvalue weighted by Gasteiger charge is 2.17. The summed E-state index contributed by atoms with van der Waals surface area (Å²) in [6, 6.07) is 7.03. The number of carbonyl (C=O) groups excluding carboxylic acids is 2. The number of rotatable bonds is 2. The van der Waals surface area contributed by atoms with Crippen molar-refractivity contribution in [3.63, 3.8) is 0 Å². The molecule has 1 aromatic carbocycles. The van der Waals surface area contributed by atoms with Crippen molar-refractivity contribution >= 4 is 58.2 Å². The maximum absolute atomic E-state index is 11.5. The molecule has 2 amide bonds. The molecule has 0 saturated carbocycles. The molecule has 0 heterocycles. The van der Waals surface area contributed by atoms with E-state index in [0.29, 0.717) is 11.4 Å². The minimum atomic E-state index is -0.598. The molecule has 0 saturated heterocycles. The van der Waals surface area contributed by atoms with Crippen molar-refractivity contribution in [3.8, 4) is 0 Å². The summed E-state index contributed by atoms with van der Waals surface area (Å²) < 4.78 is 9.20. The Labute approximate surface area is 150 Å². The molecular formula is C14H18N4O4S2. The quantitative estimate of drug-likeness (QED) is 0.769. The van der Waals surface area contributed by atoms with Crippen molar-refractivity contribution in [2.75, 3.05) is 38.9 Å². The molecule has 8 nitrogen and oxygen atoms in total. The van der Waals surface area contributed by atoms with Crippen molar-refractivity contribution in [1.29, 1.82) is 0 Å². The van der Waals surface area contributed by atoms with Gasteiger partial charge in [0.15, 0.2) is 10.2 Å². The Hall–Kier alpha value is -2.46. The van der Waals surface area contributed by atoms with Crippen LogP contribution in [-0.2, 0) is 9.47 Å². The number of ether oxygens (including phenoxy) is 2. The van der Waals surface area contributed by atoms with E-state index in [1.54, 1.807) is 24.3 Å². The zero-order valence-electron chi connectivity index (χ0n) is 13.7. The first-order chi connectivity index (χ1) is 11.3. The van der Waals surface area contributed by atoms with Gasteiger partial charge in [-0.25, -0.2) is 9.59 Å². The van der Waals surface area contributed by atoms with Crippen LogP contribution in [0.5, 0.6) is 0 Å². The van der Waals surface area contributed by atoms with E-state index in [9.17, 15) is 9.59 Å². The normalized spacial score (nSPS) is 9.50. The largest absolute Gasteiger partial charge is 0.452 e. The summed E-state index contributed by atoms with van der Waals surface area (Å²) in [5.74, 6) is 0. The van der Waals surface area contributed by atoms with E-state index in [4.69, 9.17) is 24.4 Å². The fourth-order valence-corrected chi connectivity index (χ4v) is 1.91. The molecule has 10 heteroatoms. The van der Waals surface area contributed by atoms with Gasteiger partial charge in [-0.1, -0.05) is 12.1 Å². The number of anilines is 2. The van der Waals surface area contributed by atoms with Gasteiger partial charge in [-0.05, 0) is 36.6 Å². The molecule has 24 heavy (non-hydrogen) atoms. The highest BCUT2D eigenvalue weighted by Crippen LogP contribution is 2.22. The lowest BCUT2D eigenvalue weighted by atomic mass is 10.2. The Bertz CT molecular complexity index is 598. The average molecular weight is 370 g/mol. The SMILES string of the molecule is COC(=O)N(C)C(=S)Nc1ccccc1NC(=S)N(C)C(=O)OC. The van der Waals surface area contributed by atoms with Crippen molar-refractivity contribution in [1.82, 2.24) is 9.80 Å². The van der Waals surface area contributed by atoms with Crippen molar-refractivity contribution < 1.29 is 19.1 Å². The van der Waals surface area contributed by atoms with Crippen molar-refractivity contribution in [3.05, 3.63) is 24.3 Å². The van der Waals surface area contributed by atoms with Gasteiger partial charge in [0.25, 0.3) is 0 Å². The monoisotopic (exact) mass is 370 g/mol. The molecule has 130 valence electrons. The molecule has 1 aromatic rings. The third kappa shape index (κ3) is 5.03. The highest BCUT2D eigenvalue weighted by atomic mass is 32.1. The van der Waals surface area contributed by atoms with E-state index in [1.165, 1.54) is 28.3 Å². The Kier molecular flexibility index (Phi) is 7.33. The van der Waals surface area contributed by atoms with Crippen LogP contribution in [0, 0.1) is 0 Å². The summed E-state index contributed by atoms with van der Waals surface area (Å²) in [7, 11) is 5.48. The molecule has 0 atom stereocenters.